The first kappa shape index (κ1) is 19.9. The average Bonchev–Trinajstić information content (AvgIpc) is 3.05. The van der Waals surface area contributed by atoms with Crippen molar-refractivity contribution in [3.63, 3.8) is 0 Å². The van der Waals surface area contributed by atoms with Crippen LogP contribution in [-0.4, -0.2) is 30.4 Å². The molecule has 10 heteroatoms. The van der Waals surface area contributed by atoms with Crippen molar-refractivity contribution < 1.29 is 19.2 Å². The van der Waals surface area contributed by atoms with Crippen LogP contribution in [0.4, 0.5) is 17.1 Å². The monoisotopic (exact) mass is 423 g/mol. The number of nitro groups is 1. The van der Waals surface area contributed by atoms with Gasteiger partial charge in [-0.2, -0.15) is 0 Å². The number of carbonyl (C=O) groups is 2. The highest BCUT2D eigenvalue weighted by Gasteiger charge is 2.36. The Morgan fingerprint density at radius 2 is 2.07 bits per heavy atom. The first-order chi connectivity index (χ1) is 13.3. The summed E-state index contributed by atoms with van der Waals surface area (Å²) >= 11 is 12.2. The fourth-order valence-electron chi connectivity index (χ4n) is 2.95. The van der Waals surface area contributed by atoms with Crippen LogP contribution in [0.15, 0.2) is 36.4 Å². The first-order valence-electron chi connectivity index (χ1n) is 8.19. The van der Waals surface area contributed by atoms with E-state index in [4.69, 9.17) is 27.9 Å². The molecule has 2 amide bonds. The lowest BCUT2D eigenvalue weighted by atomic mass is 10.1. The van der Waals surface area contributed by atoms with Gasteiger partial charge in [0, 0.05) is 25.1 Å². The van der Waals surface area contributed by atoms with E-state index in [1.54, 1.807) is 18.2 Å². The number of methoxy groups -OCH3 is 1. The van der Waals surface area contributed by atoms with Crippen LogP contribution < -0.4 is 15.0 Å². The highest BCUT2D eigenvalue weighted by molar-refractivity contribution is 6.44. The molecule has 0 saturated carbocycles. The molecule has 0 bridgehead atoms. The lowest BCUT2D eigenvalue weighted by Crippen LogP contribution is -2.28. The fraction of sp³-hybridized carbons (Fsp3) is 0.222. The molecule has 1 fully saturated rings. The molecular weight excluding hydrogens is 409 g/mol. The van der Waals surface area contributed by atoms with E-state index in [1.807, 2.05) is 0 Å². The number of hydrogen-bond acceptors (Lipinski definition) is 5. The van der Waals surface area contributed by atoms with E-state index in [1.165, 1.54) is 30.2 Å². The van der Waals surface area contributed by atoms with Gasteiger partial charge in [-0.3, -0.25) is 19.7 Å². The zero-order valence-electron chi connectivity index (χ0n) is 14.6. The predicted octanol–water partition coefficient (Wildman–Crippen LogP) is 3.90. The molecule has 1 atom stereocenters. The first-order valence-corrected chi connectivity index (χ1v) is 8.95. The van der Waals surface area contributed by atoms with E-state index in [2.05, 4.69) is 5.32 Å². The van der Waals surface area contributed by atoms with Gasteiger partial charge in [-0.05, 0) is 18.2 Å². The van der Waals surface area contributed by atoms with Crippen LogP contribution in [0.2, 0.25) is 10.0 Å². The summed E-state index contributed by atoms with van der Waals surface area (Å²) < 4.78 is 5.05. The largest absolute Gasteiger partial charge is 0.497 e. The van der Waals surface area contributed by atoms with Gasteiger partial charge in [0.05, 0.1) is 33.7 Å². The molecule has 1 N–H and O–H groups in total. The molecule has 0 radical (unpaired) electrons. The van der Waals surface area contributed by atoms with Crippen LogP contribution in [-0.2, 0) is 9.59 Å². The summed E-state index contributed by atoms with van der Waals surface area (Å²) in [6, 6.07) is 8.92. The summed E-state index contributed by atoms with van der Waals surface area (Å²) in [6.45, 7) is 0.0858. The van der Waals surface area contributed by atoms with Gasteiger partial charge in [-0.15, -0.1) is 0 Å². The molecule has 28 heavy (non-hydrogen) atoms. The Kier molecular flexibility index (Phi) is 5.71. The Bertz CT molecular complexity index is 966. The lowest BCUT2D eigenvalue weighted by Gasteiger charge is -2.18. The standard InChI is InChI=1S/C18H15Cl2N3O5/c1-28-11-5-6-14(23(26)27)13(8-11)21-18(25)10-7-16(24)22(9-10)15-4-2-3-12(19)17(15)20/h2-6,8,10H,7,9H2,1H3,(H,21,25)/t10-/m0/s1. The smallest absolute Gasteiger partial charge is 0.293 e. The van der Waals surface area contributed by atoms with Crippen molar-refractivity contribution in [2.75, 3.05) is 23.9 Å². The number of amides is 2. The highest BCUT2D eigenvalue weighted by atomic mass is 35.5. The molecule has 0 unspecified atom stereocenters. The Balaban J connectivity index is 1.81. The van der Waals surface area contributed by atoms with Gasteiger partial charge in [-0.25, -0.2) is 0 Å². The van der Waals surface area contributed by atoms with E-state index >= 15 is 0 Å². The Morgan fingerprint density at radius 3 is 2.75 bits per heavy atom. The van der Waals surface area contributed by atoms with Crippen LogP contribution in [0, 0.1) is 16.0 Å². The van der Waals surface area contributed by atoms with Gasteiger partial charge in [0.15, 0.2) is 0 Å². The number of halogens is 2. The number of nitrogens with one attached hydrogen (secondary N) is 1. The van der Waals surface area contributed by atoms with Crippen molar-refractivity contribution in [1.82, 2.24) is 0 Å². The van der Waals surface area contributed by atoms with E-state index < -0.39 is 16.7 Å². The third-order valence-corrected chi connectivity index (χ3v) is 5.19. The molecule has 146 valence electrons. The minimum Gasteiger partial charge on any atom is -0.497 e. The molecule has 3 rings (SSSR count). The van der Waals surface area contributed by atoms with E-state index in [9.17, 15) is 19.7 Å². The summed E-state index contributed by atoms with van der Waals surface area (Å²) in [4.78, 5) is 37.0. The van der Waals surface area contributed by atoms with Crippen molar-refractivity contribution >= 4 is 52.1 Å². The van der Waals surface area contributed by atoms with Gasteiger partial charge < -0.3 is 15.0 Å². The number of ether oxygens (including phenoxy) is 1. The molecule has 1 heterocycles. The molecule has 8 nitrogen and oxygen atoms in total. The lowest BCUT2D eigenvalue weighted by molar-refractivity contribution is -0.383. The maximum atomic E-state index is 12.7. The Labute approximate surface area is 170 Å². The Morgan fingerprint density at radius 1 is 1.32 bits per heavy atom. The molecule has 1 aliphatic rings. The molecular formula is C18H15Cl2N3O5. The number of nitro benzene ring substituents is 1. The van der Waals surface area contributed by atoms with Crippen molar-refractivity contribution in [2.24, 2.45) is 5.92 Å². The SMILES string of the molecule is COc1ccc([N+](=O)[O-])c(NC(=O)[C@H]2CC(=O)N(c3cccc(Cl)c3Cl)C2)c1. The van der Waals surface area contributed by atoms with E-state index in [0.29, 0.717) is 16.5 Å². The second kappa shape index (κ2) is 8.04. The number of anilines is 2. The maximum Gasteiger partial charge on any atom is 0.293 e. The molecule has 2 aromatic rings. The summed E-state index contributed by atoms with van der Waals surface area (Å²) in [7, 11) is 1.41. The fourth-order valence-corrected chi connectivity index (χ4v) is 3.35. The quantitative estimate of drug-likeness (QED) is 0.580. The Hall–Kier alpha value is -2.84. The van der Waals surface area contributed by atoms with Crippen LogP contribution in [0.1, 0.15) is 6.42 Å². The van der Waals surface area contributed by atoms with Crippen molar-refractivity contribution in [1.29, 1.82) is 0 Å². The highest BCUT2D eigenvalue weighted by Crippen LogP contribution is 2.36. The van der Waals surface area contributed by atoms with Crippen LogP contribution >= 0.6 is 23.2 Å². The summed E-state index contributed by atoms with van der Waals surface area (Å²) in [5.74, 6) is -1.14. The van der Waals surface area contributed by atoms with Gasteiger partial charge >= 0.3 is 0 Å². The van der Waals surface area contributed by atoms with Gasteiger partial charge in [0.2, 0.25) is 11.8 Å². The van der Waals surface area contributed by atoms with Crippen LogP contribution in [0.3, 0.4) is 0 Å². The van der Waals surface area contributed by atoms with Crippen molar-refractivity contribution in [2.45, 2.75) is 6.42 Å². The van der Waals surface area contributed by atoms with Crippen molar-refractivity contribution in [3.8, 4) is 5.75 Å². The van der Waals surface area contributed by atoms with Gasteiger partial charge in [0.1, 0.15) is 11.4 Å². The normalized spacial score (nSPS) is 16.2. The van der Waals surface area contributed by atoms with Crippen LogP contribution in [0.25, 0.3) is 0 Å². The second-order valence-electron chi connectivity index (χ2n) is 6.11. The topological polar surface area (TPSA) is 102 Å². The zero-order chi connectivity index (χ0) is 20.4. The van der Waals surface area contributed by atoms with E-state index in [-0.39, 0.29) is 35.3 Å². The summed E-state index contributed by atoms with van der Waals surface area (Å²) in [6.07, 6.45) is -0.0492. The predicted molar refractivity (Wildman–Crippen MR) is 105 cm³/mol. The average molecular weight is 424 g/mol. The number of nitrogens with zero attached hydrogens (tertiary/aromatic N) is 2. The van der Waals surface area contributed by atoms with E-state index in [0.717, 1.165) is 0 Å². The zero-order valence-corrected chi connectivity index (χ0v) is 16.2. The molecule has 0 spiro atoms. The van der Waals surface area contributed by atoms with Gasteiger partial charge in [-0.1, -0.05) is 29.3 Å². The number of carbonyl (C=O) groups excluding carboxylic acids is 2. The molecule has 2 aromatic carbocycles. The molecule has 0 aromatic heterocycles. The molecule has 1 saturated heterocycles. The number of rotatable bonds is 5. The minimum absolute atomic E-state index is 0.000960. The third-order valence-electron chi connectivity index (χ3n) is 4.38. The minimum atomic E-state index is -0.701. The maximum absolute atomic E-state index is 12.7. The third kappa shape index (κ3) is 3.88. The molecule has 1 aliphatic heterocycles. The van der Waals surface area contributed by atoms with Crippen LogP contribution in [0.5, 0.6) is 5.75 Å². The summed E-state index contributed by atoms with van der Waals surface area (Å²) in [5.41, 5.74) is 0.149. The second-order valence-corrected chi connectivity index (χ2v) is 6.89. The number of benzene rings is 2. The number of hydrogen-bond donors (Lipinski definition) is 1. The van der Waals surface area contributed by atoms with Gasteiger partial charge in [0.25, 0.3) is 5.69 Å². The summed E-state index contributed by atoms with van der Waals surface area (Å²) in [5, 5.41) is 14.3. The van der Waals surface area contributed by atoms with Crippen molar-refractivity contribution in [3.05, 3.63) is 56.6 Å². The molecule has 0 aliphatic carbocycles.